The van der Waals surface area contributed by atoms with Crippen LogP contribution in [0.15, 0.2) is 55.0 Å². The summed E-state index contributed by atoms with van der Waals surface area (Å²) in [4.78, 5) is 11.1. The third-order valence-electron chi connectivity index (χ3n) is 4.02. The van der Waals surface area contributed by atoms with Crippen molar-refractivity contribution in [3.63, 3.8) is 0 Å². The van der Waals surface area contributed by atoms with E-state index in [-0.39, 0.29) is 6.10 Å². The van der Waals surface area contributed by atoms with Crippen LogP contribution in [-0.4, -0.2) is 44.0 Å². The molecule has 3 aromatic rings. The molecule has 0 unspecified atom stereocenters. The van der Waals surface area contributed by atoms with Gasteiger partial charge in [-0.05, 0) is 42.8 Å². The summed E-state index contributed by atoms with van der Waals surface area (Å²) in [6.07, 6.45) is 5.96. The molecular formula is C17H17N5O. The lowest BCUT2D eigenvalue weighted by atomic mass is 10.2. The Morgan fingerprint density at radius 1 is 1.09 bits per heavy atom. The van der Waals surface area contributed by atoms with Crippen molar-refractivity contribution in [2.75, 3.05) is 18.0 Å². The molecule has 6 heteroatoms. The van der Waals surface area contributed by atoms with E-state index in [0.29, 0.717) is 12.4 Å². The number of aromatic nitrogens is 4. The molecule has 2 aromatic heterocycles. The topological polar surface area (TPSA) is 67.1 Å². The van der Waals surface area contributed by atoms with Crippen molar-refractivity contribution in [2.24, 2.45) is 0 Å². The smallest absolute Gasteiger partial charge is 0.161 e. The fourth-order valence-electron chi connectivity index (χ4n) is 2.80. The number of rotatable bonds is 3. The Morgan fingerprint density at radius 2 is 1.96 bits per heavy atom. The van der Waals surface area contributed by atoms with Gasteiger partial charge in [0, 0.05) is 37.2 Å². The molecule has 1 aliphatic rings. The van der Waals surface area contributed by atoms with Crippen LogP contribution in [0.4, 0.5) is 5.82 Å². The summed E-state index contributed by atoms with van der Waals surface area (Å²) in [5.41, 5.74) is 1.96. The van der Waals surface area contributed by atoms with E-state index in [9.17, 15) is 5.11 Å². The molecule has 23 heavy (non-hydrogen) atoms. The van der Waals surface area contributed by atoms with Gasteiger partial charge in [0.25, 0.3) is 0 Å². The van der Waals surface area contributed by atoms with Crippen LogP contribution in [0.2, 0.25) is 0 Å². The predicted octanol–water partition coefficient (Wildman–Crippen LogP) is 1.90. The lowest BCUT2D eigenvalue weighted by Gasteiger charge is -2.16. The van der Waals surface area contributed by atoms with Crippen LogP contribution >= 0.6 is 0 Å². The van der Waals surface area contributed by atoms with Gasteiger partial charge in [0.05, 0.1) is 11.8 Å². The minimum Gasteiger partial charge on any atom is -0.391 e. The molecule has 1 fully saturated rings. The van der Waals surface area contributed by atoms with Crippen molar-refractivity contribution in [2.45, 2.75) is 12.5 Å². The molecule has 1 aromatic carbocycles. The first-order chi connectivity index (χ1) is 11.3. The molecule has 4 rings (SSSR count). The van der Waals surface area contributed by atoms with Gasteiger partial charge in [-0.15, -0.1) is 0 Å². The summed E-state index contributed by atoms with van der Waals surface area (Å²) in [6.45, 7) is 1.46. The second kappa shape index (κ2) is 5.81. The Bertz CT molecular complexity index is 785. The first-order valence-corrected chi connectivity index (χ1v) is 7.66. The molecule has 6 nitrogen and oxygen atoms in total. The van der Waals surface area contributed by atoms with Gasteiger partial charge in [-0.1, -0.05) is 0 Å². The van der Waals surface area contributed by atoms with Crippen LogP contribution in [0, 0.1) is 0 Å². The standard InChI is InChI=1S/C17H17N5O/c23-15-7-11-21(12-15)16-6-9-18-17(20-16)13-2-4-14(5-3-13)22-10-1-8-19-22/h1-6,8-10,15,23H,7,11-12H2/t15-/m0/s1. The van der Waals surface area contributed by atoms with E-state index < -0.39 is 0 Å². The molecule has 1 N–H and O–H groups in total. The van der Waals surface area contributed by atoms with E-state index in [1.54, 1.807) is 12.4 Å². The van der Waals surface area contributed by atoms with E-state index in [0.717, 1.165) is 30.0 Å². The van der Waals surface area contributed by atoms with Crippen LogP contribution in [0.3, 0.4) is 0 Å². The second-order valence-electron chi connectivity index (χ2n) is 5.62. The number of aliphatic hydroxyl groups is 1. The Kier molecular flexibility index (Phi) is 3.51. The lowest BCUT2D eigenvalue weighted by Crippen LogP contribution is -2.22. The maximum atomic E-state index is 9.67. The molecule has 0 radical (unpaired) electrons. The van der Waals surface area contributed by atoms with Gasteiger partial charge in [0.1, 0.15) is 5.82 Å². The average molecular weight is 307 g/mol. The van der Waals surface area contributed by atoms with Crippen molar-refractivity contribution in [1.29, 1.82) is 0 Å². The summed E-state index contributed by atoms with van der Waals surface area (Å²) < 4.78 is 1.81. The van der Waals surface area contributed by atoms with E-state index >= 15 is 0 Å². The largest absolute Gasteiger partial charge is 0.391 e. The molecular weight excluding hydrogens is 290 g/mol. The molecule has 116 valence electrons. The van der Waals surface area contributed by atoms with E-state index in [2.05, 4.69) is 20.0 Å². The molecule has 0 aliphatic carbocycles. The van der Waals surface area contributed by atoms with Crippen molar-refractivity contribution in [3.05, 3.63) is 55.0 Å². The van der Waals surface area contributed by atoms with Crippen LogP contribution in [0.25, 0.3) is 17.1 Å². The lowest BCUT2D eigenvalue weighted by molar-refractivity contribution is 0.198. The summed E-state index contributed by atoms with van der Waals surface area (Å²) >= 11 is 0. The van der Waals surface area contributed by atoms with E-state index in [1.165, 1.54) is 0 Å². The number of hydrogen-bond donors (Lipinski definition) is 1. The van der Waals surface area contributed by atoms with Gasteiger partial charge in [-0.25, -0.2) is 14.6 Å². The zero-order valence-electron chi connectivity index (χ0n) is 12.6. The SMILES string of the molecule is O[C@H]1CCN(c2ccnc(-c3ccc(-n4cccn4)cc3)n2)C1. The first-order valence-electron chi connectivity index (χ1n) is 7.66. The van der Waals surface area contributed by atoms with Gasteiger partial charge in [0.15, 0.2) is 5.82 Å². The van der Waals surface area contributed by atoms with Gasteiger partial charge < -0.3 is 10.0 Å². The zero-order chi connectivity index (χ0) is 15.6. The normalized spacial score (nSPS) is 17.6. The number of aliphatic hydroxyl groups excluding tert-OH is 1. The summed E-state index contributed by atoms with van der Waals surface area (Å²) in [5, 5.41) is 13.9. The van der Waals surface area contributed by atoms with Crippen molar-refractivity contribution in [3.8, 4) is 17.1 Å². The van der Waals surface area contributed by atoms with Gasteiger partial charge in [0.2, 0.25) is 0 Å². The number of anilines is 1. The monoisotopic (exact) mass is 307 g/mol. The number of hydrogen-bond acceptors (Lipinski definition) is 5. The molecule has 0 bridgehead atoms. The van der Waals surface area contributed by atoms with Crippen molar-refractivity contribution in [1.82, 2.24) is 19.7 Å². The molecule has 1 aliphatic heterocycles. The summed E-state index contributed by atoms with van der Waals surface area (Å²) in [5.74, 6) is 1.55. The van der Waals surface area contributed by atoms with E-state index in [4.69, 9.17) is 0 Å². The maximum absolute atomic E-state index is 9.67. The summed E-state index contributed by atoms with van der Waals surface area (Å²) in [6, 6.07) is 11.8. The van der Waals surface area contributed by atoms with Gasteiger partial charge >= 0.3 is 0 Å². The number of benzene rings is 1. The van der Waals surface area contributed by atoms with Crippen LogP contribution in [-0.2, 0) is 0 Å². The van der Waals surface area contributed by atoms with Gasteiger partial charge in [-0.2, -0.15) is 5.10 Å². The van der Waals surface area contributed by atoms with Crippen LogP contribution in [0.5, 0.6) is 0 Å². The number of β-amino-alcohol motifs (C(OH)–C–C–N with tert-alkyl or cyclic N) is 1. The van der Waals surface area contributed by atoms with Gasteiger partial charge in [-0.3, -0.25) is 0 Å². The molecule has 1 saturated heterocycles. The number of nitrogens with zero attached hydrogens (tertiary/aromatic N) is 5. The third-order valence-corrected chi connectivity index (χ3v) is 4.02. The second-order valence-corrected chi connectivity index (χ2v) is 5.62. The van der Waals surface area contributed by atoms with Crippen molar-refractivity contribution < 1.29 is 5.11 Å². The highest BCUT2D eigenvalue weighted by Crippen LogP contribution is 2.22. The van der Waals surface area contributed by atoms with Crippen LogP contribution in [0.1, 0.15) is 6.42 Å². The Labute approximate surface area is 134 Å². The van der Waals surface area contributed by atoms with E-state index in [1.807, 2.05) is 47.3 Å². The third kappa shape index (κ3) is 2.80. The Balaban J connectivity index is 1.60. The fraction of sp³-hybridized carbons (Fsp3) is 0.235. The minimum absolute atomic E-state index is 0.262. The molecule has 0 spiro atoms. The summed E-state index contributed by atoms with van der Waals surface area (Å²) in [7, 11) is 0. The maximum Gasteiger partial charge on any atom is 0.161 e. The van der Waals surface area contributed by atoms with Crippen LogP contribution < -0.4 is 4.90 Å². The quantitative estimate of drug-likeness (QED) is 0.800. The molecule has 0 amide bonds. The zero-order valence-corrected chi connectivity index (χ0v) is 12.6. The highest BCUT2D eigenvalue weighted by molar-refractivity contribution is 5.59. The highest BCUT2D eigenvalue weighted by atomic mass is 16.3. The fourth-order valence-corrected chi connectivity index (χ4v) is 2.80. The highest BCUT2D eigenvalue weighted by Gasteiger charge is 2.21. The predicted molar refractivity (Wildman–Crippen MR) is 87.4 cm³/mol. The molecule has 0 saturated carbocycles. The Hall–Kier alpha value is -2.73. The van der Waals surface area contributed by atoms with Crippen molar-refractivity contribution >= 4 is 5.82 Å². The minimum atomic E-state index is -0.262. The molecule has 1 atom stereocenters. The Morgan fingerprint density at radius 3 is 2.65 bits per heavy atom. The first kappa shape index (κ1) is 13.9. The average Bonchev–Trinajstić information content (AvgIpc) is 3.27. The molecule has 3 heterocycles.